The third-order valence-corrected chi connectivity index (χ3v) is 7.33. The molecule has 5 rings (SSSR count). The van der Waals surface area contributed by atoms with E-state index in [1.807, 2.05) is 23.2 Å². The molecule has 0 saturated carbocycles. The van der Waals surface area contributed by atoms with Crippen LogP contribution in [0.15, 0.2) is 24.4 Å². The summed E-state index contributed by atoms with van der Waals surface area (Å²) in [6.45, 7) is 6.26. The molecule has 3 aliphatic rings. The lowest BCUT2D eigenvalue weighted by Gasteiger charge is -2.34. The van der Waals surface area contributed by atoms with Gasteiger partial charge >= 0.3 is 0 Å². The highest BCUT2D eigenvalue weighted by Crippen LogP contribution is 2.33. The van der Waals surface area contributed by atoms with Gasteiger partial charge in [0.25, 0.3) is 0 Å². The standard InChI is InChI=1S/C26H35N5O2/c1-19-23-9-6-13-31(18-21-7-2-4-12-27-21)26(23)29-25(28-19)20-10-14-30(15-11-20)24(32)17-22-8-3-5-16-33-22/h2,4,7,12,20,22H,3,5-6,8-11,13-18H2,1H3/t22-/m0/s1. The second kappa shape index (κ2) is 10.2. The third kappa shape index (κ3) is 5.18. The van der Waals surface area contributed by atoms with Crippen LogP contribution in [0.1, 0.15) is 73.6 Å². The molecule has 0 radical (unpaired) electrons. The Morgan fingerprint density at radius 1 is 1.09 bits per heavy atom. The second-order valence-electron chi connectivity index (χ2n) is 9.66. The zero-order chi connectivity index (χ0) is 22.6. The SMILES string of the molecule is Cc1nc(C2CCN(C(=O)C[C@@H]3CCCCO3)CC2)nc2c1CCCN2Cc1ccccn1. The monoisotopic (exact) mass is 449 g/mol. The summed E-state index contributed by atoms with van der Waals surface area (Å²) in [5.74, 6) is 2.58. The molecule has 176 valence electrons. The molecule has 1 atom stereocenters. The van der Waals surface area contributed by atoms with E-state index in [4.69, 9.17) is 14.7 Å². The smallest absolute Gasteiger partial charge is 0.225 e. The summed E-state index contributed by atoms with van der Waals surface area (Å²) in [7, 11) is 0. The van der Waals surface area contributed by atoms with E-state index in [1.165, 1.54) is 12.0 Å². The Bertz CT molecular complexity index is 953. The van der Waals surface area contributed by atoms with Gasteiger partial charge in [0.2, 0.25) is 5.91 Å². The van der Waals surface area contributed by atoms with Crippen LogP contribution >= 0.6 is 0 Å². The Balaban J connectivity index is 1.25. The largest absolute Gasteiger partial charge is 0.378 e. The Kier molecular flexibility index (Phi) is 6.85. The fourth-order valence-corrected chi connectivity index (χ4v) is 5.41. The van der Waals surface area contributed by atoms with Crippen molar-refractivity contribution in [1.82, 2.24) is 19.9 Å². The predicted octanol–water partition coefficient (Wildman–Crippen LogP) is 3.80. The Morgan fingerprint density at radius 3 is 2.73 bits per heavy atom. The van der Waals surface area contributed by atoms with Gasteiger partial charge in [-0.1, -0.05) is 6.07 Å². The molecule has 2 fully saturated rings. The molecule has 33 heavy (non-hydrogen) atoms. The van der Waals surface area contributed by atoms with Crippen LogP contribution in [0.3, 0.4) is 0 Å². The molecule has 2 aromatic rings. The van der Waals surface area contributed by atoms with Crippen molar-refractivity contribution in [3.63, 3.8) is 0 Å². The average Bonchev–Trinajstić information content (AvgIpc) is 2.86. The summed E-state index contributed by atoms with van der Waals surface area (Å²) >= 11 is 0. The van der Waals surface area contributed by atoms with Crippen LogP contribution < -0.4 is 4.90 Å². The zero-order valence-electron chi connectivity index (χ0n) is 19.7. The third-order valence-electron chi connectivity index (χ3n) is 7.33. The number of likely N-dealkylation sites (tertiary alicyclic amines) is 1. The van der Waals surface area contributed by atoms with Gasteiger partial charge < -0.3 is 14.5 Å². The highest BCUT2D eigenvalue weighted by molar-refractivity contribution is 5.76. The quantitative estimate of drug-likeness (QED) is 0.692. The van der Waals surface area contributed by atoms with E-state index >= 15 is 0 Å². The molecule has 0 N–H and O–H groups in total. The average molecular weight is 450 g/mol. The lowest BCUT2D eigenvalue weighted by molar-refractivity contribution is -0.136. The number of carbonyl (C=O) groups excluding carboxylic acids is 1. The molecule has 0 aliphatic carbocycles. The number of aromatic nitrogens is 3. The van der Waals surface area contributed by atoms with Crippen LogP contribution in [-0.4, -0.2) is 58.1 Å². The van der Waals surface area contributed by atoms with Crippen LogP contribution in [-0.2, 0) is 22.5 Å². The van der Waals surface area contributed by atoms with Crippen molar-refractivity contribution in [2.24, 2.45) is 0 Å². The molecular formula is C26H35N5O2. The van der Waals surface area contributed by atoms with Crippen LogP contribution in [0.2, 0.25) is 0 Å². The van der Waals surface area contributed by atoms with E-state index in [0.29, 0.717) is 12.3 Å². The lowest BCUT2D eigenvalue weighted by Crippen LogP contribution is -2.40. The number of pyridine rings is 1. The van der Waals surface area contributed by atoms with Crippen molar-refractivity contribution in [2.45, 2.75) is 76.9 Å². The summed E-state index contributed by atoms with van der Waals surface area (Å²) in [5.41, 5.74) is 3.45. The minimum atomic E-state index is 0.112. The molecule has 0 aromatic carbocycles. The lowest BCUT2D eigenvalue weighted by atomic mass is 9.94. The molecule has 7 heteroatoms. The van der Waals surface area contributed by atoms with Crippen LogP contribution in [0.25, 0.3) is 0 Å². The van der Waals surface area contributed by atoms with Gasteiger partial charge in [0.1, 0.15) is 11.6 Å². The van der Waals surface area contributed by atoms with Gasteiger partial charge in [-0.3, -0.25) is 9.78 Å². The molecule has 0 bridgehead atoms. The maximum absolute atomic E-state index is 12.8. The molecule has 1 amide bonds. The van der Waals surface area contributed by atoms with Crippen LogP contribution in [0.5, 0.6) is 0 Å². The van der Waals surface area contributed by atoms with Crippen molar-refractivity contribution >= 4 is 11.7 Å². The molecular weight excluding hydrogens is 414 g/mol. The fraction of sp³-hybridized carbons (Fsp3) is 0.615. The first-order chi connectivity index (χ1) is 16.2. The summed E-state index contributed by atoms with van der Waals surface area (Å²) in [6.07, 6.45) is 9.81. The molecule has 0 spiro atoms. The highest BCUT2D eigenvalue weighted by atomic mass is 16.5. The molecule has 3 aliphatic heterocycles. The molecule has 7 nitrogen and oxygen atoms in total. The number of fused-ring (bicyclic) bond motifs is 1. The highest BCUT2D eigenvalue weighted by Gasteiger charge is 2.30. The zero-order valence-corrected chi connectivity index (χ0v) is 19.7. The number of hydrogen-bond acceptors (Lipinski definition) is 6. The van der Waals surface area contributed by atoms with Crippen molar-refractivity contribution < 1.29 is 9.53 Å². The van der Waals surface area contributed by atoms with Crippen molar-refractivity contribution in [1.29, 1.82) is 0 Å². The number of carbonyl (C=O) groups is 1. The van der Waals surface area contributed by atoms with E-state index in [9.17, 15) is 4.79 Å². The van der Waals surface area contributed by atoms with Gasteiger partial charge in [-0.05, 0) is 64.0 Å². The topological polar surface area (TPSA) is 71.5 Å². The Labute approximate surface area is 196 Å². The van der Waals surface area contributed by atoms with Gasteiger partial charge in [0.15, 0.2) is 0 Å². The number of rotatable bonds is 5. The minimum Gasteiger partial charge on any atom is -0.378 e. The summed E-state index contributed by atoms with van der Waals surface area (Å²) in [5, 5.41) is 0. The van der Waals surface area contributed by atoms with Gasteiger partial charge in [0.05, 0.1) is 24.8 Å². The number of amides is 1. The number of hydrogen-bond donors (Lipinski definition) is 0. The first-order valence-electron chi connectivity index (χ1n) is 12.6. The van der Waals surface area contributed by atoms with E-state index in [-0.39, 0.29) is 12.0 Å². The van der Waals surface area contributed by atoms with Crippen molar-refractivity contribution in [3.05, 3.63) is 47.2 Å². The fourth-order valence-electron chi connectivity index (χ4n) is 5.41. The van der Waals surface area contributed by atoms with Gasteiger partial charge in [0, 0.05) is 49.6 Å². The normalized spacial score (nSPS) is 21.7. The summed E-state index contributed by atoms with van der Waals surface area (Å²) in [4.78, 5) is 31.7. The first-order valence-corrected chi connectivity index (χ1v) is 12.6. The Morgan fingerprint density at radius 2 is 1.97 bits per heavy atom. The number of ether oxygens (including phenoxy) is 1. The summed E-state index contributed by atoms with van der Waals surface area (Å²) in [6, 6.07) is 6.07. The first kappa shape index (κ1) is 22.3. The molecule has 2 aromatic heterocycles. The summed E-state index contributed by atoms with van der Waals surface area (Å²) < 4.78 is 5.77. The van der Waals surface area contributed by atoms with Crippen molar-refractivity contribution in [3.8, 4) is 0 Å². The minimum absolute atomic E-state index is 0.112. The molecule has 5 heterocycles. The van der Waals surface area contributed by atoms with E-state index in [2.05, 4.69) is 22.9 Å². The predicted molar refractivity (Wildman–Crippen MR) is 127 cm³/mol. The van der Waals surface area contributed by atoms with Crippen LogP contribution in [0.4, 0.5) is 5.82 Å². The van der Waals surface area contributed by atoms with Gasteiger partial charge in [-0.15, -0.1) is 0 Å². The molecule has 2 saturated heterocycles. The molecule has 0 unspecified atom stereocenters. The van der Waals surface area contributed by atoms with Crippen LogP contribution in [0, 0.1) is 6.92 Å². The van der Waals surface area contributed by atoms with Gasteiger partial charge in [-0.25, -0.2) is 9.97 Å². The van der Waals surface area contributed by atoms with E-state index < -0.39 is 0 Å². The number of aryl methyl sites for hydroxylation is 1. The number of anilines is 1. The second-order valence-corrected chi connectivity index (χ2v) is 9.66. The number of nitrogens with zero attached hydrogens (tertiary/aromatic N) is 5. The maximum atomic E-state index is 12.8. The van der Waals surface area contributed by atoms with Crippen molar-refractivity contribution in [2.75, 3.05) is 31.1 Å². The van der Waals surface area contributed by atoms with E-state index in [0.717, 1.165) is 94.3 Å². The van der Waals surface area contributed by atoms with Gasteiger partial charge in [-0.2, -0.15) is 0 Å². The Hall–Kier alpha value is -2.54. The van der Waals surface area contributed by atoms with E-state index in [1.54, 1.807) is 0 Å². The maximum Gasteiger partial charge on any atom is 0.225 e. The number of piperidine rings is 1.